The fourth-order valence-electron chi connectivity index (χ4n) is 1.20. The van der Waals surface area contributed by atoms with Crippen LogP contribution < -0.4 is 5.73 Å². The summed E-state index contributed by atoms with van der Waals surface area (Å²) in [5.74, 6) is -0.406. The second-order valence-corrected chi connectivity index (χ2v) is 2.83. The first kappa shape index (κ1) is 11.3. The quantitative estimate of drug-likeness (QED) is 0.791. The Labute approximate surface area is 85.0 Å². The van der Waals surface area contributed by atoms with Crippen LogP contribution in [0.25, 0.3) is 0 Å². The molecule has 1 aromatic heterocycles. The zero-order valence-electron chi connectivity index (χ0n) is 7.74. The number of rotatable bonds is 3. The minimum Gasteiger partial charge on any atom is -0.506 e. The SMILES string of the molecule is N#CCc1c(C(F)F)cnc(CN)c1O. The zero-order chi connectivity index (χ0) is 11.4. The lowest BCUT2D eigenvalue weighted by atomic mass is 10.1. The third-order valence-electron chi connectivity index (χ3n) is 1.95. The monoisotopic (exact) mass is 213 g/mol. The van der Waals surface area contributed by atoms with Gasteiger partial charge in [-0.15, -0.1) is 0 Å². The first-order valence-electron chi connectivity index (χ1n) is 4.16. The number of pyridine rings is 1. The maximum atomic E-state index is 12.5. The van der Waals surface area contributed by atoms with Crippen molar-refractivity contribution in [2.75, 3.05) is 0 Å². The van der Waals surface area contributed by atoms with Gasteiger partial charge in [0, 0.05) is 23.9 Å². The molecule has 0 aliphatic carbocycles. The van der Waals surface area contributed by atoms with Gasteiger partial charge in [0.25, 0.3) is 6.43 Å². The van der Waals surface area contributed by atoms with Gasteiger partial charge in [0.1, 0.15) is 5.75 Å². The Morgan fingerprint density at radius 1 is 1.60 bits per heavy atom. The Morgan fingerprint density at radius 2 is 2.27 bits per heavy atom. The van der Waals surface area contributed by atoms with Gasteiger partial charge in [-0.2, -0.15) is 5.26 Å². The van der Waals surface area contributed by atoms with Crippen molar-refractivity contribution in [1.29, 1.82) is 5.26 Å². The highest BCUT2D eigenvalue weighted by Gasteiger charge is 2.19. The van der Waals surface area contributed by atoms with E-state index in [-0.39, 0.29) is 24.2 Å². The van der Waals surface area contributed by atoms with Crippen molar-refractivity contribution in [2.45, 2.75) is 19.4 Å². The minimum absolute atomic E-state index is 0.0617. The summed E-state index contributed by atoms with van der Waals surface area (Å²) < 4.78 is 24.9. The smallest absolute Gasteiger partial charge is 0.265 e. The molecular formula is C9H9F2N3O. The lowest BCUT2D eigenvalue weighted by Gasteiger charge is -2.10. The summed E-state index contributed by atoms with van der Waals surface area (Å²) in [5.41, 5.74) is 4.85. The van der Waals surface area contributed by atoms with Gasteiger partial charge in [0.2, 0.25) is 0 Å². The average Bonchev–Trinajstić information content (AvgIpc) is 2.20. The summed E-state index contributed by atoms with van der Waals surface area (Å²) in [6, 6.07) is 1.71. The Hall–Kier alpha value is -1.74. The Kier molecular flexibility index (Phi) is 3.52. The number of aromatic hydroxyl groups is 1. The van der Waals surface area contributed by atoms with Crippen LogP contribution in [0.4, 0.5) is 8.78 Å². The van der Waals surface area contributed by atoms with Crippen LogP contribution in [-0.2, 0) is 13.0 Å². The third kappa shape index (κ3) is 2.19. The third-order valence-corrected chi connectivity index (χ3v) is 1.95. The van der Waals surface area contributed by atoms with Gasteiger partial charge < -0.3 is 10.8 Å². The van der Waals surface area contributed by atoms with Gasteiger partial charge >= 0.3 is 0 Å². The molecule has 6 heteroatoms. The predicted octanol–water partition coefficient (Wildman–Crippen LogP) is 1.25. The largest absolute Gasteiger partial charge is 0.506 e. The predicted molar refractivity (Wildman–Crippen MR) is 48.1 cm³/mol. The fourth-order valence-corrected chi connectivity index (χ4v) is 1.20. The lowest BCUT2D eigenvalue weighted by Crippen LogP contribution is -2.05. The van der Waals surface area contributed by atoms with Crippen molar-refractivity contribution in [1.82, 2.24) is 4.98 Å². The van der Waals surface area contributed by atoms with Crippen molar-refractivity contribution in [2.24, 2.45) is 5.73 Å². The number of nitrogens with two attached hydrogens (primary N) is 1. The summed E-state index contributed by atoms with van der Waals surface area (Å²) in [4.78, 5) is 3.60. The van der Waals surface area contributed by atoms with Crippen molar-refractivity contribution >= 4 is 0 Å². The van der Waals surface area contributed by atoms with Crippen LogP contribution in [0.3, 0.4) is 0 Å². The van der Waals surface area contributed by atoms with Crippen molar-refractivity contribution in [3.05, 3.63) is 23.0 Å². The van der Waals surface area contributed by atoms with Crippen LogP contribution >= 0.6 is 0 Å². The van der Waals surface area contributed by atoms with Gasteiger partial charge in [-0.05, 0) is 0 Å². The number of nitriles is 1. The van der Waals surface area contributed by atoms with E-state index in [1.807, 2.05) is 0 Å². The topological polar surface area (TPSA) is 82.9 Å². The van der Waals surface area contributed by atoms with E-state index < -0.39 is 17.7 Å². The van der Waals surface area contributed by atoms with Crippen LogP contribution in [-0.4, -0.2) is 10.1 Å². The second kappa shape index (κ2) is 4.66. The van der Waals surface area contributed by atoms with Crippen molar-refractivity contribution in [3.63, 3.8) is 0 Å². The van der Waals surface area contributed by atoms with Gasteiger partial charge in [-0.1, -0.05) is 0 Å². The highest BCUT2D eigenvalue weighted by atomic mass is 19.3. The molecule has 0 spiro atoms. The summed E-state index contributed by atoms with van der Waals surface area (Å²) in [5, 5.41) is 18.0. The average molecular weight is 213 g/mol. The van der Waals surface area contributed by atoms with E-state index in [0.29, 0.717) is 0 Å². The van der Waals surface area contributed by atoms with E-state index in [1.165, 1.54) is 0 Å². The molecule has 0 atom stereocenters. The van der Waals surface area contributed by atoms with Crippen LogP contribution in [0, 0.1) is 11.3 Å². The van der Waals surface area contributed by atoms with Crippen molar-refractivity contribution < 1.29 is 13.9 Å². The number of aromatic nitrogens is 1. The molecule has 0 saturated heterocycles. The Balaban J connectivity index is 3.32. The molecule has 0 radical (unpaired) electrons. The molecule has 1 heterocycles. The van der Waals surface area contributed by atoms with E-state index in [2.05, 4.69) is 4.98 Å². The van der Waals surface area contributed by atoms with Crippen molar-refractivity contribution in [3.8, 4) is 11.8 Å². The van der Waals surface area contributed by atoms with E-state index in [4.69, 9.17) is 11.0 Å². The second-order valence-electron chi connectivity index (χ2n) is 2.83. The molecule has 4 nitrogen and oxygen atoms in total. The van der Waals surface area contributed by atoms with E-state index in [0.717, 1.165) is 6.20 Å². The van der Waals surface area contributed by atoms with Crippen LogP contribution in [0.1, 0.15) is 23.2 Å². The van der Waals surface area contributed by atoms with Crippen LogP contribution in [0.5, 0.6) is 5.75 Å². The van der Waals surface area contributed by atoms with Gasteiger partial charge in [-0.25, -0.2) is 8.78 Å². The molecule has 0 amide bonds. The maximum Gasteiger partial charge on any atom is 0.265 e. The number of hydrogen-bond acceptors (Lipinski definition) is 4. The van der Waals surface area contributed by atoms with Crippen LogP contribution in [0.2, 0.25) is 0 Å². The highest BCUT2D eigenvalue weighted by molar-refractivity contribution is 5.43. The first-order valence-corrected chi connectivity index (χ1v) is 4.16. The lowest BCUT2D eigenvalue weighted by molar-refractivity contribution is 0.149. The molecule has 0 aromatic carbocycles. The number of hydrogen-bond donors (Lipinski definition) is 2. The molecular weight excluding hydrogens is 204 g/mol. The molecule has 0 aliphatic heterocycles. The summed E-state index contributed by atoms with van der Waals surface area (Å²) in [6.07, 6.45) is -2.11. The van der Waals surface area contributed by atoms with Crippen LogP contribution in [0.15, 0.2) is 6.20 Å². The molecule has 0 unspecified atom stereocenters. The fraction of sp³-hybridized carbons (Fsp3) is 0.333. The molecule has 15 heavy (non-hydrogen) atoms. The molecule has 0 aliphatic rings. The molecule has 1 rings (SSSR count). The Bertz CT molecular complexity index is 401. The van der Waals surface area contributed by atoms with E-state index in [9.17, 15) is 13.9 Å². The molecule has 0 bridgehead atoms. The molecule has 80 valence electrons. The molecule has 0 fully saturated rings. The number of alkyl halides is 2. The summed E-state index contributed by atoms with van der Waals surface area (Å²) >= 11 is 0. The highest BCUT2D eigenvalue weighted by Crippen LogP contribution is 2.30. The normalized spacial score (nSPS) is 10.3. The molecule has 0 saturated carbocycles. The van der Waals surface area contributed by atoms with Gasteiger partial charge in [0.05, 0.1) is 18.2 Å². The summed E-state index contributed by atoms with van der Waals surface area (Å²) in [7, 11) is 0. The first-order chi connectivity index (χ1) is 7.11. The number of nitrogens with zero attached hydrogens (tertiary/aromatic N) is 2. The zero-order valence-corrected chi connectivity index (χ0v) is 7.74. The Morgan fingerprint density at radius 3 is 2.73 bits per heavy atom. The standard InChI is InChI=1S/C9H9F2N3O/c10-9(11)6-4-14-7(3-13)8(15)5(6)1-2-12/h4,9,15H,1,3,13H2. The van der Waals surface area contributed by atoms with E-state index in [1.54, 1.807) is 6.07 Å². The maximum absolute atomic E-state index is 12.5. The summed E-state index contributed by atoms with van der Waals surface area (Å²) in [6.45, 7) is -0.0617. The van der Waals surface area contributed by atoms with Gasteiger partial charge in [-0.3, -0.25) is 4.98 Å². The van der Waals surface area contributed by atoms with E-state index >= 15 is 0 Å². The number of halogens is 2. The molecule has 1 aromatic rings. The van der Waals surface area contributed by atoms with Gasteiger partial charge in [0.15, 0.2) is 0 Å². The minimum atomic E-state index is -2.77. The molecule has 3 N–H and O–H groups in total.